The largest absolute Gasteiger partial charge is 0.497 e. The predicted molar refractivity (Wildman–Crippen MR) is 108 cm³/mol. The number of urea groups is 1. The summed E-state index contributed by atoms with van der Waals surface area (Å²) in [5.74, 6) is -8.34. The highest BCUT2D eigenvalue weighted by Crippen LogP contribution is 2.44. The van der Waals surface area contributed by atoms with Crippen LogP contribution in [-0.4, -0.2) is 48.4 Å². The van der Waals surface area contributed by atoms with E-state index in [0.717, 1.165) is 36.4 Å². The monoisotopic (exact) mass is 478 g/mol. The molecule has 4 rings (SSSR count). The fourth-order valence-corrected chi connectivity index (χ4v) is 3.72. The third-order valence-electron chi connectivity index (χ3n) is 5.36. The molecular weight excluding hydrogens is 464 g/mol. The predicted octanol–water partition coefficient (Wildman–Crippen LogP) is 2.18. The summed E-state index contributed by atoms with van der Waals surface area (Å²) in [5.41, 5.74) is -4.20. The summed E-state index contributed by atoms with van der Waals surface area (Å²) in [4.78, 5) is 54.4. The molecule has 0 aliphatic carbocycles. The topological polar surface area (TPSA) is 117 Å². The van der Waals surface area contributed by atoms with E-state index in [4.69, 9.17) is 4.74 Å². The van der Waals surface area contributed by atoms with Gasteiger partial charge in [0, 0.05) is 5.56 Å². The summed E-state index contributed by atoms with van der Waals surface area (Å²) in [6, 6.07) is 7.71. The van der Waals surface area contributed by atoms with Gasteiger partial charge in [0.15, 0.2) is 0 Å². The second-order valence-electron chi connectivity index (χ2n) is 7.30. The number of nitrogens with zero attached hydrogens (tertiary/aromatic N) is 2. The number of ether oxygens (including phenoxy) is 1. The van der Waals surface area contributed by atoms with Gasteiger partial charge in [0.1, 0.15) is 23.3 Å². The molecule has 2 unspecified atom stereocenters. The van der Waals surface area contributed by atoms with Crippen molar-refractivity contribution in [3.8, 4) is 5.75 Å². The molecule has 176 valence electrons. The molecule has 2 aromatic rings. The molecule has 13 heteroatoms. The van der Waals surface area contributed by atoms with Crippen LogP contribution in [0.3, 0.4) is 0 Å². The Hall–Kier alpha value is -4.29. The summed E-state index contributed by atoms with van der Waals surface area (Å²) in [5, 5.41) is 3.38. The minimum atomic E-state index is -5.49. The van der Waals surface area contributed by atoms with Gasteiger partial charge in [-0.2, -0.15) is 18.2 Å². The van der Waals surface area contributed by atoms with E-state index in [-0.39, 0.29) is 11.3 Å². The molecule has 2 atom stereocenters. The van der Waals surface area contributed by atoms with Crippen molar-refractivity contribution in [3.63, 3.8) is 0 Å². The van der Waals surface area contributed by atoms with E-state index < -0.39 is 53.0 Å². The number of carbonyl (C=O) groups excluding carboxylic acids is 4. The number of amides is 5. The van der Waals surface area contributed by atoms with Crippen LogP contribution in [0.15, 0.2) is 53.5 Å². The first-order chi connectivity index (χ1) is 16.0. The first kappa shape index (κ1) is 22.9. The molecule has 5 amide bonds. The van der Waals surface area contributed by atoms with E-state index in [1.54, 1.807) is 10.6 Å². The van der Waals surface area contributed by atoms with Gasteiger partial charge in [-0.15, -0.1) is 0 Å². The molecule has 2 N–H and O–H groups in total. The van der Waals surface area contributed by atoms with Gasteiger partial charge in [-0.05, 0) is 48.5 Å². The summed E-state index contributed by atoms with van der Waals surface area (Å²) < 4.78 is 61.5. The number of halogens is 4. The summed E-state index contributed by atoms with van der Waals surface area (Å²) in [6.45, 7) is 0. The van der Waals surface area contributed by atoms with E-state index in [2.05, 4.69) is 4.99 Å². The van der Waals surface area contributed by atoms with E-state index in [1.807, 2.05) is 0 Å². The maximum atomic E-state index is 14.4. The van der Waals surface area contributed by atoms with Crippen LogP contribution in [0.5, 0.6) is 5.75 Å². The molecule has 0 radical (unpaired) electrons. The van der Waals surface area contributed by atoms with E-state index in [9.17, 15) is 36.7 Å². The third-order valence-corrected chi connectivity index (χ3v) is 5.36. The van der Waals surface area contributed by atoms with Crippen LogP contribution in [0.1, 0.15) is 10.4 Å². The smallest absolute Gasteiger partial charge is 0.422 e. The Balaban J connectivity index is 1.79. The number of benzene rings is 2. The molecule has 0 aromatic heterocycles. The number of alkyl halides is 3. The standard InChI is InChI=1S/C21H14F4N4O5/c1-34-13-8-2-10(3-9-13)16(30)28-20(21(23,24)25)14-15(26-18(20)32)29(19(33)27-17(14)31)12-6-4-11(22)5-7-12/h2-9,14H,1H3,(H,28,30)(H,27,31,33). The zero-order valence-electron chi connectivity index (χ0n) is 17.1. The minimum absolute atomic E-state index is 0.151. The molecule has 0 bridgehead atoms. The normalized spacial score (nSPS) is 22.1. The van der Waals surface area contributed by atoms with E-state index in [0.29, 0.717) is 10.6 Å². The van der Waals surface area contributed by atoms with Crippen molar-refractivity contribution in [1.82, 2.24) is 10.6 Å². The van der Waals surface area contributed by atoms with Crippen LogP contribution in [0.2, 0.25) is 0 Å². The van der Waals surface area contributed by atoms with Gasteiger partial charge >= 0.3 is 12.2 Å². The number of hydrogen-bond donors (Lipinski definition) is 2. The maximum absolute atomic E-state index is 14.4. The van der Waals surface area contributed by atoms with Crippen molar-refractivity contribution in [3.05, 3.63) is 59.9 Å². The first-order valence-corrected chi connectivity index (χ1v) is 9.56. The minimum Gasteiger partial charge on any atom is -0.497 e. The number of aliphatic imine (C=N–C) groups is 1. The lowest BCUT2D eigenvalue weighted by atomic mass is 9.81. The summed E-state index contributed by atoms with van der Waals surface area (Å²) in [6.07, 6.45) is -5.49. The highest BCUT2D eigenvalue weighted by atomic mass is 19.4. The highest BCUT2D eigenvalue weighted by molar-refractivity contribution is 6.35. The van der Waals surface area contributed by atoms with Crippen LogP contribution in [0, 0.1) is 11.7 Å². The Bertz CT molecular complexity index is 1230. The van der Waals surface area contributed by atoms with E-state index in [1.165, 1.54) is 19.2 Å². The summed E-state index contributed by atoms with van der Waals surface area (Å²) >= 11 is 0. The lowest BCUT2D eigenvalue weighted by molar-refractivity contribution is -0.201. The van der Waals surface area contributed by atoms with Crippen LogP contribution in [-0.2, 0) is 9.59 Å². The van der Waals surface area contributed by atoms with Gasteiger partial charge in [0.05, 0.1) is 12.8 Å². The molecule has 2 aromatic carbocycles. The molecule has 1 saturated heterocycles. The molecule has 9 nitrogen and oxygen atoms in total. The number of methoxy groups -OCH3 is 1. The average molecular weight is 478 g/mol. The van der Waals surface area contributed by atoms with Crippen molar-refractivity contribution in [2.24, 2.45) is 10.9 Å². The van der Waals surface area contributed by atoms with Crippen molar-refractivity contribution in [2.45, 2.75) is 11.7 Å². The maximum Gasteiger partial charge on any atom is 0.422 e. The second kappa shape index (κ2) is 7.93. The van der Waals surface area contributed by atoms with Gasteiger partial charge in [0.25, 0.3) is 11.8 Å². The Kier molecular flexibility index (Phi) is 5.34. The lowest BCUT2D eigenvalue weighted by Gasteiger charge is -2.39. The van der Waals surface area contributed by atoms with Gasteiger partial charge in [-0.3, -0.25) is 19.7 Å². The number of amidine groups is 1. The van der Waals surface area contributed by atoms with Crippen molar-refractivity contribution < 1.29 is 41.5 Å². The number of nitrogens with one attached hydrogen (secondary N) is 2. The van der Waals surface area contributed by atoms with Crippen LogP contribution in [0.25, 0.3) is 0 Å². The molecule has 1 fully saturated rings. The molecule has 34 heavy (non-hydrogen) atoms. The zero-order chi connectivity index (χ0) is 24.8. The van der Waals surface area contributed by atoms with Crippen LogP contribution >= 0.6 is 0 Å². The fourth-order valence-electron chi connectivity index (χ4n) is 3.72. The quantitative estimate of drug-likeness (QED) is 0.654. The second-order valence-corrected chi connectivity index (χ2v) is 7.30. The Morgan fingerprint density at radius 3 is 2.26 bits per heavy atom. The number of imide groups is 1. The Labute approximate surface area is 188 Å². The van der Waals surface area contributed by atoms with Crippen molar-refractivity contribution in [1.29, 1.82) is 0 Å². The number of rotatable bonds is 4. The molecule has 2 aliphatic rings. The molecule has 0 spiro atoms. The number of fused-ring (bicyclic) bond motifs is 1. The van der Waals surface area contributed by atoms with Gasteiger partial charge in [0.2, 0.25) is 11.4 Å². The first-order valence-electron chi connectivity index (χ1n) is 9.56. The van der Waals surface area contributed by atoms with Gasteiger partial charge in [-0.1, -0.05) is 0 Å². The van der Waals surface area contributed by atoms with E-state index >= 15 is 0 Å². The molecule has 0 saturated carbocycles. The number of anilines is 1. The lowest BCUT2D eigenvalue weighted by Crippen LogP contribution is -2.72. The Morgan fingerprint density at radius 1 is 1.09 bits per heavy atom. The number of carbonyl (C=O) groups is 4. The van der Waals surface area contributed by atoms with Gasteiger partial charge in [-0.25, -0.2) is 14.1 Å². The van der Waals surface area contributed by atoms with Crippen LogP contribution in [0.4, 0.5) is 28.0 Å². The SMILES string of the molecule is COc1ccc(C(=O)NC2(C(F)(F)F)C(=O)N=C3C2C(=O)NC(=O)N3c2ccc(F)cc2)cc1. The van der Waals surface area contributed by atoms with Crippen LogP contribution < -0.4 is 20.3 Å². The zero-order valence-corrected chi connectivity index (χ0v) is 17.1. The highest BCUT2D eigenvalue weighted by Gasteiger charge is 2.74. The van der Waals surface area contributed by atoms with Gasteiger partial charge < -0.3 is 10.1 Å². The van der Waals surface area contributed by atoms with Crippen molar-refractivity contribution in [2.75, 3.05) is 12.0 Å². The summed E-state index contributed by atoms with van der Waals surface area (Å²) in [7, 11) is 1.35. The third kappa shape index (κ3) is 3.45. The molecule has 2 heterocycles. The Morgan fingerprint density at radius 2 is 1.71 bits per heavy atom. The average Bonchev–Trinajstić information content (AvgIpc) is 3.08. The number of hydrogen-bond acceptors (Lipinski definition) is 5. The van der Waals surface area contributed by atoms with Crippen molar-refractivity contribution >= 4 is 35.3 Å². The molecular formula is C21H14F4N4O5. The fraction of sp³-hybridized carbons (Fsp3) is 0.190. The molecule has 2 aliphatic heterocycles.